The second-order valence-corrected chi connectivity index (χ2v) is 6.51. The summed E-state index contributed by atoms with van der Waals surface area (Å²) in [5.41, 5.74) is 1.62. The molecular weight excluding hydrogens is 382 g/mol. The van der Waals surface area contributed by atoms with Gasteiger partial charge in [-0.1, -0.05) is 17.7 Å². The number of carbonyl (C=O) groups is 2. The van der Waals surface area contributed by atoms with Gasteiger partial charge in [-0.25, -0.2) is 4.68 Å². The van der Waals surface area contributed by atoms with Crippen molar-refractivity contribution in [1.82, 2.24) is 15.1 Å². The number of benzene rings is 1. The van der Waals surface area contributed by atoms with Crippen LogP contribution in [0.1, 0.15) is 29.8 Å². The van der Waals surface area contributed by atoms with Crippen LogP contribution < -0.4 is 5.32 Å². The molecule has 146 valence electrons. The molecule has 7 nitrogen and oxygen atoms in total. The van der Waals surface area contributed by atoms with E-state index >= 15 is 0 Å². The summed E-state index contributed by atoms with van der Waals surface area (Å²) in [6.45, 7) is 0.440. The van der Waals surface area contributed by atoms with Gasteiger partial charge in [0.25, 0.3) is 5.91 Å². The third kappa shape index (κ3) is 4.80. The van der Waals surface area contributed by atoms with Crippen molar-refractivity contribution in [3.05, 3.63) is 59.4 Å². The van der Waals surface area contributed by atoms with Gasteiger partial charge in [-0.15, -0.1) is 0 Å². The zero-order valence-electron chi connectivity index (χ0n) is 15.4. The van der Waals surface area contributed by atoms with E-state index < -0.39 is 0 Å². The first-order chi connectivity index (χ1) is 13.6. The predicted octanol–water partition coefficient (Wildman–Crippen LogP) is 3.86. The molecule has 3 rings (SSSR count). The number of furan rings is 1. The lowest BCUT2D eigenvalue weighted by Gasteiger charge is -2.06. The summed E-state index contributed by atoms with van der Waals surface area (Å²) in [5.74, 6) is 0.0333. The maximum absolute atomic E-state index is 12.5. The Kier molecular flexibility index (Phi) is 6.49. The van der Waals surface area contributed by atoms with Gasteiger partial charge in [0, 0.05) is 24.1 Å². The van der Waals surface area contributed by atoms with Crippen LogP contribution in [0.4, 0.5) is 0 Å². The highest BCUT2D eigenvalue weighted by Gasteiger charge is 2.18. The molecule has 28 heavy (non-hydrogen) atoms. The number of nitrogens with one attached hydrogen (secondary N) is 1. The molecule has 0 aliphatic heterocycles. The molecule has 0 unspecified atom stereocenters. The van der Waals surface area contributed by atoms with Crippen LogP contribution in [0.2, 0.25) is 5.02 Å². The third-order valence-corrected chi connectivity index (χ3v) is 4.32. The van der Waals surface area contributed by atoms with Crippen molar-refractivity contribution >= 4 is 23.5 Å². The van der Waals surface area contributed by atoms with Gasteiger partial charge >= 0.3 is 5.97 Å². The fourth-order valence-corrected chi connectivity index (χ4v) is 2.87. The Balaban J connectivity index is 1.74. The quantitative estimate of drug-likeness (QED) is 0.457. The average Bonchev–Trinajstić information content (AvgIpc) is 3.37. The largest absolute Gasteiger partial charge is 0.469 e. The maximum atomic E-state index is 12.5. The molecule has 0 bridgehead atoms. The number of esters is 1. The highest BCUT2D eigenvalue weighted by molar-refractivity contribution is 6.30. The molecule has 3 aromatic rings. The number of hydrogen-bond acceptors (Lipinski definition) is 5. The molecule has 0 fully saturated rings. The molecule has 1 amide bonds. The third-order valence-electron chi connectivity index (χ3n) is 4.09. The molecule has 0 spiro atoms. The summed E-state index contributed by atoms with van der Waals surface area (Å²) in [4.78, 5) is 23.6. The number of ether oxygens (including phenoxy) is 1. The van der Waals surface area contributed by atoms with Crippen LogP contribution in [0.15, 0.2) is 53.1 Å². The molecule has 0 radical (unpaired) electrons. The fourth-order valence-electron chi connectivity index (χ4n) is 2.69. The monoisotopic (exact) mass is 401 g/mol. The number of nitrogens with zero attached hydrogens (tertiary/aromatic N) is 2. The van der Waals surface area contributed by atoms with Crippen LogP contribution in [-0.2, 0) is 9.53 Å². The number of rotatable bonds is 8. The van der Waals surface area contributed by atoms with Crippen molar-refractivity contribution in [2.45, 2.75) is 19.3 Å². The number of methoxy groups -OCH3 is 1. The van der Waals surface area contributed by atoms with Crippen molar-refractivity contribution in [2.24, 2.45) is 0 Å². The Bertz CT molecular complexity index is 950. The first kappa shape index (κ1) is 19.7. The molecule has 0 saturated carbocycles. The van der Waals surface area contributed by atoms with Gasteiger partial charge in [0.2, 0.25) is 0 Å². The van der Waals surface area contributed by atoms with E-state index in [1.807, 2.05) is 12.1 Å². The van der Waals surface area contributed by atoms with Gasteiger partial charge < -0.3 is 14.5 Å². The van der Waals surface area contributed by atoms with Crippen LogP contribution in [0, 0.1) is 0 Å². The minimum absolute atomic E-state index is 0.255. The van der Waals surface area contributed by atoms with Crippen LogP contribution in [0.3, 0.4) is 0 Å². The first-order valence-corrected chi connectivity index (χ1v) is 9.21. The predicted molar refractivity (Wildman–Crippen MR) is 104 cm³/mol. The van der Waals surface area contributed by atoms with Gasteiger partial charge in [0.15, 0.2) is 11.5 Å². The van der Waals surface area contributed by atoms with E-state index in [9.17, 15) is 9.59 Å². The Morgan fingerprint density at radius 2 is 2.07 bits per heavy atom. The van der Waals surface area contributed by atoms with Crippen LogP contribution in [0.25, 0.3) is 17.1 Å². The number of unbranched alkanes of at least 4 members (excludes halogenated alkanes) is 1. The molecular formula is C20H20ClN3O4. The summed E-state index contributed by atoms with van der Waals surface area (Å²) < 4.78 is 11.7. The Morgan fingerprint density at radius 1 is 1.21 bits per heavy atom. The lowest BCUT2D eigenvalue weighted by atomic mass is 10.2. The molecule has 2 aromatic heterocycles. The van der Waals surface area contributed by atoms with E-state index in [0.29, 0.717) is 42.3 Å². The van der Waals surface area contributed by atoms with Crippen LogP contribution in [0.5, 0.6) is 0 Å². The Hall–Kier alpha value is -3.06. The molecule has 0 aliphatic rings. The van der Waals surface area contributed by atoms with Gasteiger partial charge in [-0.2, -0.15) is 5.10 Å². The zero-order valence-corrected chi connectivity index (χ0v) is 16.1. The smallest absolute Gasteiger partial charge is 0.305 e. The highest BCUT2D eigenvalue weighted by Crippen LogP contribution is 2.25. The Labute approximate surface area is 167 Å². The topological polar surface area (TPSA) is 86.4 Å². The van der Waals surface area contributed by atoms with Crippen molar-refractivity contribution < 1.29 is 18.7 Å². The second kappa shape index (κ2) is 9.23. The lowest BCUT2D eigenvalue weighted by Crippen LogP contribution is -2.25. The number of carbonyl (C=O) groups excluding carboxylic acids is 2. The number of hydrogen-bond donors (Lipinski definition) is 1. The summed E-state index contributed by atoms with van der Waals surface area (Å²) >= 11 is 6.10. The zero-order chi connectivity index (χ0) is 19.9. The van der Waals surface area contributed by atoms with Gasteiger partial charge in [0.1, 0.15) is 5.69 Å². The number of halogens is 1. The lowest BCUT2D eigenvalue weighted by molar-refractivity contribution is -0.140. The van der Waals surface area contributed by atoms with Crippen LogP contribution >= 0.6 is 11.6 Å². The molecule has 2 heterocycles. The molecule has 0 atom stereocenters. The summed E-state index contributed by atoms with van der Waals surface area (Å²) in [6, 6.07) is 12.4. The fraction of sp³-hybridized carbons (Fsp3) is 0.250. The number of amides is 1. The van der Waals surface area contributed by atoms with Gasteiger partial charge in [0.05, 0.1) is 19.1 Å². The second-order valence-electron chi connectivity index (χ2n) is 6.07. The summed E-state index contributed by atoms with van der Waals surface area (Å²) in [5, 5.41) is 7.81. The molecule has 1 aromatic carbocycles. The SMILES string of the molecule is COC(=O)CCCCNC(=O)c1cc(-c2ccco2)n(-c2cccc(Cl)c2)n1. The highest BCUT2D eigenvalue weighted by atomic mass is 35.5. The minimum atomic E-state index is -0.299. The van der Waals surface area contributed by atoms with Crippen molar-refractivity contribution in [1.29, 1.82) is 0 Å². The van der Waals surface area contributed by atoms with Crippen molar-refractivity contribution in [2.75, 3.05) is 13.7 Å². The average molecular weight is 402 g/mol. The van der Waals surface area contributed by atoms with E-state index in [0.717, 1.165) is 5.69 Å². The molecule has 8 heteroatoms. The van der Waals surface area contributed by atoms with E-state index in [-0.39, 0.29) is 17.6 Å². The van der Waals surface area contributed by atoms with Crippen molar-refractivity contribution in [3.8, 4) is 17.1 Å². The van der Waals surface area contributed by atoms with Crippen LogP contribution in [-0.4, -0.2) is 35.3 Å². The molecule has 1 N–H and O–H groups in total. The van der Waals surface area contributed by atoms with E-state index in [4.69, 9.17) is 16.0 Å². The Morgan fingerprint density at radius 3 is 2.79 bits per heavy atom. The minimum Gasteiger partial charge on any atom is -0.469 e. The number of aromatic nitrogens is 2. The summed E-state index contributed by atoms with van der Waals surface area (Å²) in [6.07, 6.45) is 3.20. The van der Waals surface area contributed by atoms with E-state index in [2.05, 4.69) is 15.2 Å². The standard InChI is InChI=1S/C20H20ClN3O4/c1-27-19(25)9-2-3-10-22-20(26)16-13-17(18-8-5-11-28-18)24(23-16)15-7-4-6-14(21)12-15/h4-8,11-13H,2-3,9-10H2,1H3,(H,22,26). The van der Waals surface area contributed by atoms with E-state index in [1.165, 1.54) is 7.11 Å². The first-order valence-electron chi connectivity index (χ1n) is 8.83. The molecule has 0 aliphatic carbocycles. The normalized spacial score (nSPS) is 10.6. The van der Waals surface area contributed by atoms with Crippen molar-refractivity contribution in [3.63, 3.8) is 0 Å². The summed E-state index contributed by atoms with van der Waals surface area (Å²) in [7, 11) is 1.36. The maximum Gasteiger partial charge on any atom is 0.305 e. The van der Waals surface area contributed by atoms with Gasteiger partial charge in [-0.3, -0.25) is 9.59 Å². The van der Waals surface area contributed by atoms with E-state index in [1.54, 1.807) is 41.3 Å². The molecule has 0 saturated heterocycles. The van der Waals surface area contributed by atoms with Gasteiger partial charge in [-0.05, 0) is 43.2 Å².